The fraction of sp³-hybridized carbons (Fsp3) is 0.0476. The van der Waals surface area contributed by atoms with Crippen molar-refractivity contribution in [2.75, 3.05) is 0 Å². The summed E-state index contributed by atoms with van der Waals surface area (Å²) < 4.78 is 4.84. The highest BCUT2D eigenvalue weighted by atomic mass is 15.0. The van der Waals surface area contributed by atoms with E-state index in [0.717, 1.165) is 50.5 Å². The molecule has 14 rings (SSSR count). The summed E-state index contributed by atoms with van der Waals surface area (Å²) in [4.78, 5) is 11.3. The van der Waals surface area contributed by atoms with Crippen molar-refractivity contribution >= 4 is 65.2 Å². The van der Waals surface area contributed by atoms with E-state index in [0.29, 0.717) is 5.82 Å². The molecule has 0 atom stereocenters. The molecule has 314 valence electrons. The first kappa shape index (κ1) is 37.7. The number of aromatic nitrogens is 4. The molecule has 0 unspecified atom stereocenters. The maximum absolute atomic E-state index is 5.72. The quantitative estimate of drug-likeness (QED) is 0.173. The molecule has 1 aliphatic carbocycles. The topological polar surface area (TPSA) is 35.6 Å². The zero-order chi connectivity index (χ0) is 44.4. The summed E-state index contributed by atoms with van der Waals surface area (Å²) in [5.74, 6) is 0.705. The molecule has 67 heavy (non-hydrogen) atoms. The van der Waals surface area contributed by atoms with Gasteiger partial charge in [-0.3, -0.25) is 0 Å². The van der Waals surface area contributed by atoms with Crippen molar-refractivity contribution in [3.63, 3.8) is 0 Å². The fourth-order valence-electron chi connectivity index (χ4n) is 11.4. The monoisotopic (exact) mass is 854 g/mol. The van der Waals surface area contributed by atoms with Gasteiger partial charge in [-0.2, -0.15) is 0 Å². The van der Waals surface area contributed by atoms with Gasteiger partial charge in [-0.1, -0.05) is 166 Å². The van der Waals surface area contributed by atoms with Crippen LogP contribution in [0.3, 0.4) is 0 Å². The fourth-order valence-corrected chi connectivity index (χ4v) is 11.4. The number of benzene rings is 10. The summed E-state index contributed by atoms with van der Waals surface area (Å²) in [5, 5.41) is 9.79. The Bertz CT molecular complexity index is 4160. The van der Waals surface area contributed by atoms with E-state index in [-0.39, 0.29) is 5.41 Å². The van der Waals surface area contributed by atoms with Crippen LogP contribution in [-0.4, -0.2) is 19.1 Å². The first-order valence-electron chi connectivity index (χ1n) is 23.2. The molecule has 4 heteroatoms. The Morgan fingerprint density at radius 2 is 1.00 bits per heavy atom. The molecule has 0 saturated carbocycles. The lowest BCUT2D eigenvalue weighted by Crippen LogP contribution is -2.17. The zero-order valence-corrected chi connectivity index (χ0v) is 37.1. The van der Waals surface area contributed by atoms with Gasteiger partial charge in [0, 0.05) is 66.0 Å². The molecular weight excluding hydrogens is 813 g/mol. The van der Waals surface area contributed by atoms with Crippen LogP contribution >= 0.6 is 0 Å². The molecule has 0 fully saturated rings. The molecule has 4 nitrogen and oxygen atoms in total. The number of hydrogen-bond donors (Lipinski definition) is 0. The number of fused-ring (bicyclic) bond motifs is 12. The van der Waals surface area contributed by atoms with Gasteiger partial charge >= 0.3 is 0 Å². The average molecular weight is 855 g/mol. The first-order valence-corrected chi connectivity index (χ1v) is 23.2. The van der Waals surface area contributed by atoms with Gasteiger partial charge in [0.1, 0.15) is 0 Å². The van der Waals surface area contributed by atoms with Crippen molar-refractivity contribution in [2.45, 2.75) is 19.3 Å². The van der Waals surface area contributed by atoms with Gasteiger partial charge in [0.05, 0.1) is 33.5 Å². The molecule has 1 aliphatic rings. The average Bonchev–Trinajstić information content (AvgIpc) is 3.98. The Hall–Kier alpha value is -8.60. The molecule has 3 aromatic heterocycles. The van der Waals surface area contributed by atoms with Gasteiger partial charge in [0.25, 0.3) is 0 Å². The van der Waals surface area contributed by atoms with Gasteiger partial charge < -0.3 is 9.13 Å². The van der Waals surface area contributed by atoms with E-state index >= 15 is 0 Å². The molecule has 0 bridgehead atoms. The van der Waals surface area contributed by atoms with E-state index in [1.54, 1.807) is 0 Å². The second kappa shape index (κ2) is 14.2. The molecule has 0 saturated heterocycles. The Labute approximate surface area is 387 Å². The van der Waals surface area contributed by atoms with Crippen molar-refractivity contribution in [3.8, 4) is 56.4 Å². The SMILES string of the molecule is CC1(C)c2ccc(-c3ccccc3)cc2-c2nc(-c3ccc(-n4c5cc6ccccc6cc5c5ccc6ccccc6c54)cc3)nc(-c3cccc4c3c3ccccc3n4-c3ccccc3)c21. The number of para-hydroxylation sites is 2. The van der Waals surface area contributed by atoms with Crippen LogP contribution in [0, 0.1) is 0 Å². The van der Waals surface area contributed by atoms with Crippen molar-refractivity contribution in [2.24, 2.45) is 0 Å². The summed E-state index contributed by atoms with van der Waals surface area (Å²) >= 11 is 0. The van der Waals surface area contributed by atoms with E-state index < -0.39 is 0 Å². The van der Waals surface area contributed by atoms with E-state index in [2.05, 4.69) is 241 Å². The van der Waals surface area contributed by atoms with Crippen molar-refractivity contribution in [1.29, 1.82) is 0 Å². The molecule has 0 spiro atoms. The highest BCUT2D eigenvalue weighted by Crippen LogP contribution is 2.53. The highest BCUT2D eigenvalue weighted by Gasteiger charge is 2.41. The summed E-state index contributed by atoms with van der Waals surface area (Å²) in [7, 11) is 0. The maximum Gasteiger partial charge on any atom is 0.160 e. The van der Waals surface area contributed by atoms with Crippen LogP contribution in [0.1, 0.15) is 25.0 Å². The van der Waals surface area contributed by atoms with Crippen LogP contribution in [0.4, 0.5) is 0 Å². The molecule has 0 N–H and O–H groups in total. The first-order chi connectivity index (χ1) is 33.0. The standard InChI is InChI=1S/C63H42N4/c1-63(2)53-35-31-44(39-16-5-3-6-17-39)37-52(53)60-58(63)59(50-25-15-27-55-57(50)49-24-13-14-26-54(49)66(55)45-21-7-4-8-22-45)64-62(65-60)41-28-32-46(33-29-41)67-56-38-43-20-10-9-19-42(43)36-51(56)48-34-30-40-18-11-12-23-47(40)61(48)67/h3-38H,1-2H3. The third-order valence-electron chi connectivity index (χ3n) is 14.5. The molecule has 0 aliphatic heterocycles. The van der Waals surface area contributed by atoms with E-state index in [9.17, 15) is 0 Å². The van der Waals surface area contributed by atoms with Crippen LogP contribution in [0.5, 0.6) is 0 Å². The third kappa shape index (κ3) is 5.54. The highest BCUT2D eigenvalue weighted by molar-refractivity contribution is 6.21. The number of rotatable bonds is 5. The lowest BCUT2D eigenvalue weighted by Gasteiger charge is -2.24. The van der Waals surface area contributed by atoms with Crippen LogP contribution in [0.25, 0.3) is 122 Å². The Morgan fingerprint density at radius 3 is 1.79 bits per heavy atom. The van der Waals surface area contributed by atoms with Gasteiger partial charge in [0.15, 0.2) is 5.82 Å². The second-order valence-corrected chi connectivity index (χ2v) is 18.5. The summed E-state index contributed by atoms with van der Waals surface area (Å²) in [6.45, 7) is 4.68. The van der Waals surface area contributed by atoms with Gasteiger partial charge in [-0.05, 0) is 99.6 Å². The van der Waals surface area contributed by atoms with E-state index in [1.165, 1.54) is 76.3 Å². The van der Waals surface area contributed by atoms with Crippen molar-refractivity contribution < 1.29 is 0 Å². The minimum atomic E-state index is -0.374. The van der Waals surface area contributed by atoms with Crippen LogP contribution < -0.4 is 0 Å². The predicted octanol–water partition coefficient (Wildman–Crippen LogP) is 16.3. The Balaban J connectivity index is 1.02. The Kier molecular flexibility index (Phi) is 8.00. The second-order valence-electron chi connectivity index (χ2n) is 18.5. The molecule has 0 radical (unpaired) electrons. The third-order valence-corrected chi connectivity index (χ3v) is 14.5. The molecule has 3 heterocycles. The summed E-state index contributed by atoms with van der Waals surface area (Å²) in [5.41, 5.74) is 16.5. The summed E-state index contributed by atoms with van der Waals surface area (Å²) in [6, 6.07) is 79.4. The minimum absolute atomic E-state index is 0.374. The lowest BCUT2D eigenvalue weighted by atomic mass is 9.80. The van der Waals surface area contributed by atoms with Crippen molar-refractivity contribution in [1.82, 2.24) is 19.1 Å². The maximum atomic E-state index is 5.72. The van der Waals surface area contributed by atoms with E-state index in [1.807, 2.05) is 0 Å². The number of hydrogen-bond acceptors (Lipinski definition) is 2. The Morgan fingerprint density at radius 1 is 0.373 bits per heavy atom. The predicted molar refractivity (Wildman–Crippen MR) is 280 cm³/mol. The molecule has 10 aromatic carbocycles. The largest absolute Gasteiger partial charge is 0.309 e. The summed E-state index contributed by atoms with van der Waals surface area (Å²) in [6.07, 6.45) is 0. The minimum Gasteiger partial charge on any atom is -0.309 e. The van der Waals surface area contributed by atoms with E-state index in [4.69, 9.17) is 9.97 Å². The molecule has 13 aromatic rings. The molecular formula is C63H42N4. The number of nitrogens with zero attached hydrogens (tertiary/aromatic N) is 4. The lowest BCUT2D eigenvalue weighted by molar-refractivity contribution is 0.658. The van der Waals surface area contributed by atoms with Crippen molar-refractivity contribution in [3.05, 3.63) is 230 Å². The smallest absolute Gasteiger partial charge is 0.160 e. The normalized spacial score (nSPS) is 13.0. The van der Waals surface area contributed by atoms with Gasteiger partial charge in [-0.15, -0.1) is 0 Å². The zero-order valence-electron chi connectivity index (χ0n) is 37.1. The van der Waals surface area contributed by atoms with Crippen LogP contribution in [-0.2, 0) is 5.41 Å². The van der Waals surface area contributed by atoms with Crippen LogP contribution in [0.2, 0.25) is 0 Å². The van der Waals surface area contributed by atoms with Gasteiger partial charge in [0.2, 0.25) is 0 Å². The van der Waals surface area contributed by atoms with Gasteiger partial charge in [-0.25, -0.2) is 9.97 Å². The van der Waals surface area contributed by atoms with Crippen LogP contribution in [0.15, 0.2) is 218 Å². The molecule has 0 amide bonds.